The van der Waals surface area contributed by atoms with Crippen molar-refractivity contribution in [2.75, 3.05) is 19.0 Å². The highest BCUT2D eigenvalue weighted by atomic mass is 32.2. The van der Waals surface area contributed by atoms with E-state index in [4.69, 9.17) is 4.74 Å². The molecule has 0 radical (unpaired) electrons. The Morgan fingerprint density at radius 1 is 1.03 bits per heavy atom. The topological polar surface area (TPSA) is 96.9 Å². The van der Waals surface area contributed by atoms with Gasteiger partial charge in [0.15, 0.2) is 0 Å². The van der Waals surface area contributed by atoms with E-state index < -0.39 is 15.4 Å². The molecule has 0 unspecified atom stereocenters. The van der Waals surface area contributed by atoms with Gasteiger partial charge < -0.3 is 10.1 Å². The van der Waals surface area contributed by atoms with E-state index in [2.05, 4.69) is 15.0 Å². The second kappa shape index (κ2) is 9.32. The number of carbonyl (C=O) groups is 1. The molecule has 32 heavy (non-hydrogen) atoms. The second-order valence-electron chi connectivity index (χ2n) is 8.39. The highest BCUT2D eigenvalue weighted by Gasteiger charge is 2.41. The Morgan fingerprint density at radius 3 is 2.44 bits per heavy atom. The SMILES string of the molecule is COc1ccc(C2(C(=O)Nc3cccc(S(=O)(=O)NC4=NCCC4)c3)CCCCC2)cc1. The highest BCUT2D eigenvalue weighted by molar-refractivity contribution is 7.90. The molecule has 1 fully saturated rings. The van der Waals surface area contributed by atoms with Gasteiger partial charge in [0.2, 0.25) is 5.91 Å². The van der Waals surface area contributed by atoms with Crippen LogP contribution in [0.3, 0.4) is 0 Å². The first-order valence-electron chi connectivity index (χ1n) is 11.1. The minimum Gasteiger partial charge on any atom is -0.497 e. The van der Waals surface area contributed by atoms with Crippen molar-refractivity contribution in [1.82, 2.24) is 4.72 Å². The zero-order chi connectivity index (χ0) is 22.6. The van der Waals surface area contributed by atoms with Crippen molar-refractivity contribution in [3.8, 4) is 5.75 Å². The Kier molecular flexibility index (Phi) is 6.50. The number of amidine groups is 1. The van der Waals surface area contributed by atoms with Crippen LogP contribution in [0.15, 0.2) is 58.4 Å². The number of methoxy groups -OCH3 is 1. The molecule has 2 aromatic carbocycles. The molecule has 0 saturated heterocycles. The average molecular weight is 456 g/mol. The Bertz CT molecular complexity index is 1100. The van der Waals surface area contributed by atoms with E-state index in [-0.39, 0.29) is 10.8 Å². The van der Waals surface area contributed by atoms with Gasteiger partial charge in [0.1, 0.15) is 11.6 Å². The number of sulfonamides is 1. The van der Waals surface area contributed by atoms with Crippen LogP contribution in [-0.4, -0.2) is 33.8 Å². The van der Waals surface area contributed by atoms with Crippen LogP contribution in [0.1, 0.15) is 50.5 Å². The summed E-state index contributed by atoms with van der Waals surface area (Å²) in [6.45, 7) is 0.640. The molecule has 2 aromatic rings. The molecule has 4 rings (SSSR count). The molecule has 1 amide bonds. The maximum Gasteiger partial charge on any atom is 0.262 e. The van der Waals surface area contributed by atoms with E-state index in [1.54, 1.807) is 19.2 Å². The molecule has 8 heteroatoms. The number of anilines is 1. The Labute approximate surface area is 189 Å². The number of rotatable bonds is 6. The molecule has 0 aromatic heterocycles. The minimum atomic E-state index is -3.75. The molecular formula is C24H29N3O4S. The van der Waals surface area contributed by atoms with Crippen LogP contribution in [0, 0.1) is 0 Å². The number of ether oxygens (including phenoxy) is 1. The first-order chi connectivity index (χ1) is 15.4. The van der Waals surface area contributed by atoms with Gasteiger partial charge >= 0.3 is 0 Å². The van der Waals surface area contributed by atoms with Gasteiger partial charge in [-0.25, -0.2) is 8.42 Å². The predicted octanol–water partition coefficient (Wildman–Crippen LogP) is 4.01. The van der Waals surface area contributed by atoms with Gasteiger partial charge in [0, 0.05) is 18.7 Å². The third kappa shape index (κ3) is 4.65. The predicted molar refractivity (Wildman–Crippen MR) is 125 cm³/mol. The van der Waals surface area contributed by atoms with Crippen molar-refractivity contribution < 1.29 is 17.9 Å². The van der Waals surface area contributed by atoms with E-state index in [0.29, 0.717) is 24.5 Å². The normalized spacial score (nSPS) is 18.0. The van der Waals surface area contributed by atoms with Crippen molar-refractivity contribution in [3.63, 3.8) is 0 Å². The molecule has 1 saturated carbocycles. The quantitative estimate of drug-likeness (QED) is 0.688. The lowest BCUT2D eigenvalue weighted by molar-refractivity contribution is -0.122. The third-order valence-corrected chi connectivity index (χ3v) is 7.69. The Morgan fingerprint density at radius 2 is 1.78 bits per heavy atom. The fraction of sp³-hybridized carbons (Fsp3) is 0.417. The summed E-state index contributed by atoms with van der Waals surface area (Å²) in [6, 6.07) is 14.0. The zero-order valence-corrected chi connectivity index (χ0v) is 19.1. The monoisotopic (exact) mass is 455 g/mol. The van der Waals surface area contributed by atoms with Gasteiger partial charge in [-0.3, -0.25) is 14.5 Å². The van der Waals surface area contributed by atoms with Gasteiger partial charge in [0.25, 0.3) is 10.0 Å². The molecular weight excluding hydrogens is 426 g/mol. The van der Waals surface area contributed by atoms with Crippen LogP contribution in [0.5, 0.6) is 5.75 Å². The number of carbonyl (C=O) groups excluding carboxylic acids is 1. The first kappa shape index (κ1) is 22.3. The second-order valence-corrected chi connectivity index (χ2v) is 10.1. The summed E-state index contributed by atoms with van der Waals surface area (Å²) in [6.07, 6.45) is 6.03. The number of nitrogens with one attached hydrogen (secondary N) is 2. The van der Waals surface area contributed by atoms with Crippen molar-refractivity contribution in [1.29, 1.82) is 0 Å². The largest absolute Gasteiger partial charge is 0.497 e. The van der Waals surface area contributed by atoms with E-state index >= 15 is 0 Å². The fourth-order valence-corrected chi connectivity index (χ4v) is 5.68. The van der Waals surface area contributed by atoms with Crippen LogP contribution in [-0.2, 0) is 20.2 Å². The third-order valence-electron chi connectivity index (χ3n) is 6.31. The number of benzene rings is 2. The molecule has 1 aliphatic carbocycles. The molecule has 2 aliphatic rings. The number of amides is 1. The average Bonchev–Trinajstić information content (AvgIpc) is 3.32. The standard InChI is InChI=1S/C24H29N3O4S/c1-31-20-12-10-18(11-13-20)24(14-3-2-4-15-24)23(28)26-19-7-5-8-21(17-19)32(29,30)27-22-9-6-16-25-22/h5,7-8,10-13,17H,2-4,6,9,14-16H2,1H3,(H,25,27)(H,26,28). The molecule has 170 valence electrons. The number of hydrogen-bond acceptors (Lipinski definition) is 5. The van der Waals surface area contributed by atoms with Crippen LogP contribution < -0.4 is 14.8 Å². The molecule has 0 spiro atoms. The highest BCUT2D eigenvalue weighted by Crippen LogP contribution is 2.41. The summed E-state index contributed by atoms with van der Waals surface area (Å²) in [4.78, 5) is 17.8. The summed E-state index contributed by atoms with van der Waals surface area (Å²) in [5.41, 5.74) is 0.779. The maximum absolute atomic E-state index is 13.6. The summed E-state index contributed by atoms with van der Waals surface area (Å²) in [5, 5.41) is 2.99. The van der Waals surface area contributed by atoms with E-state index in [1.807, 2.05) is 24.3 Å². The van der Waals surface area contributed by atoms with E-state index in [1.165, 1.54) is 12.1 Å². The summed E-state index contributed by atoms with van der Waals surface area (Å²) in [7, 11) is -2.13. The fourth-order valence-electron chi connectivity index (χ4n) is 4.54. The Hall–Kier alpha value is -2.87. The smallest absolute Gasteiger partial charge is 0.262 e. The van der Waals surface area contributed by atoms with Crippen LogP contribution in [0.25, 0.3) is 0 Å². The molecule has 7 nitrogen and oxygen atoms in total. The van der Waals surface area contributed by atoms with Crippen molar-refractivity contribution >= 4 is 27.5 Å². The van der Waals surface area contributed by atoms with Gasteiger partial charge in [0.05, 0.1) is 17.4 Å². The Balaban J connectivity index is 1.58. The molecule has 1 aliphatic heterocycles. The molecule has 1 heterocycles. The lowest BCUT2D eigenvalue weighted by atomic mass is 9.68. The van der Waals surface area contributed by atoms with E-state index in [0.717, 1.165) is 49.8 Å². The van der Waals surface area contributed by atoms with Crippen molar-refractivity contribution in [2.24, 2.45) is 4.99 Å². The first-order valence-corrected chi connectivity index (χ1v) is 12.5. The maximum atomic E-state index is 13.6. The van der Waals surface area contributed by atoms with Crippen LogP contribution in [0.2, 0.25) is 0 Å². The van der Waals surface area contributed by atoms with Crippen LogP contribution >= 0.6 is 0 Å². The zero-order valence-electron chi connectivity index (χ0n) is 18.3. The van der Waals surface area contributed by atoms with Crippen LogP contribution in [0.4, 0.5) is 5.69 Å². The van der Waals surface area contributed by atoms with Gasteiger partial charge in [-0.05, 0) is 55.2 Å². The summed E-state index contributed by atoms with van der Waals surface area (Å²) < 4.78 is 33.3. The molecule has 0 atom stereocenters. The van der Waals surface area contributed by atoms with Gasteiger partial charge in [-0.2, -0.15) is 0 Å². The number of nitrogens with zero attached hydrogens (tertiary/aromatic N) is 1. The van der Waals surface area contributed by atoms with Crippen molar-refractivity contribution in [3.05, 3.63) is 54.1 Å². The lowest BCUT2D eigenvalue weighted by Crippen LogP contribution is -2.42. The molecule has 0 bridgehead atoms. The minimum absolute atomic E-state index is 0.104. The number of hydrogen-bond donors (Lipinski definition) is 2. The van der Waals surface area contributed by atoms with Crippen molar-refractivity contribution in [2.45, 2.75) is 55.3 Å². The lowest BCUT2D eigenvalue weighted by Gasteiger charge is -2.36. The van der Waals surface area contributed by atoms with Gasteiger partial charge in [-0.15, -0.1) is 0 Å². The summed E-state index contributed by atoms with van der Waals surface area (Å²) >= 11 is 0. The number of aliphatic imine (C=N–C) groups is 1. The van der Waals surface area contributed by atoms with E-state index in [9.17, 15) is 13.2 Å². The summed E-state index contributed by atoms with van der Waals surface area (Å²) in [5.74, 6) is 1.13. The molecule has 2 N–H and O–H groups in total. The van der Waals surface area contributed by atoms with Gasteiger partial charge in [-0.1, -0.05) is 37.5 Å².